The minimum absolute atomic E-state index is 0.385. The molecule has 13 heavy (non-hydrogen) atoms. The second kappa shape index (κ2) is 4.39. The van der Waals surface area contributed by atoms with Crippen LogP contribution in [0.15, 0.2) is 0 Å². The van der Waals surface area contributed by atoms with Gasteiger partial charge in [0, 0.05) is 12.3 Å². The van der Waals surface area contributed by atoms with Crippen molar-refractivity contribution in [3.05, 3.63) is 0 Å². The van der Waals surface area contributed by atoms with Gasteiger partial charge in [-0.25, -0.2) is 4.79 Å². The van der Waals surface area contributed by atoms with Crippen LogP contribution in [0.3, 0.4) is 0 Å². The molecule has 0 radical (unpaired) electrons. The van der Waals surface area contributed by atoms with E-state index < -0.39 is 22.1 Å². The molecule has 0 aliphatic carbocycles. The molecule has 4 nitrogen and oxygen atoms in total. The third-order valence-corrected chi connectivity index (χ3v) is 3.14. The lowest BCUT2D eigenvalue weighted by atomic mass is 10.4. The number of thioether (sulfide) groups is 1. The quantitative estimate of drug-likeness (QED) is 0.729. The van der Waals surface area contributed by atoms with E-state index in [4.69, 9.17) is 28.3 Å². The Bertz CT molecular complexity index is 236. The summed E-state index contributed by atoms with van der Waals surface area (Å²) in [5.74, 6) is -0.978. The van der Waals surface area contributed by atoms with Crippen LogP contribution >= 0.6 is 35.0 Å². The lowest BCUT2D eigenvalue weighted by Crippen LogP contribution is -2.41. The minimum atomic E-state index is -1.18. The van der Waals surface area contributed by atoms with Crippen LogP contribution in [0.25, 0.3) is 0 Å². The van der Waals surface area contributed by atoms with Gasteiger partial charge in [-0.15, -0.1) is 11.8 Å². The Kier molecular flexibility index (Phi) is 3.70. The highest BCUT2D eigenvalue weighted by molar-refractivity contribution is 8.00. The summed E-state index contributed by atoms with van der Waals surface area (Å²) in [7, 11) is 0. The summed E-state index contributed by atoms with van der Waals surface area (Å²) < 4.78 is 0. The van der Waals surface area contributed by atoms with Gasteiger partial charge < -0.3 is 10.0 Å². The molecule has 1 fully saturated rings. The zero-order valence-corrected chi connectivity index (χ0v) is 8.77. The summed E-state index contributed by atoms with van der Waals surface area (Å²) in [6.07, 6.45) is 0. The molecule has 1 N–H and O–H groups in total. The topological polar surface area (TPSA) is 57.6 Å². The molecule has 0 spiro atoms. The van der Waals surface area contributed by atoms with E-state index in [1.807, 2.05) is 0 Å². The van der Waals surface area contributed by atoms with E-state index in [0.717, 1.165) is 0 Å². The van der Waals surface area contributed by atoms with Crippen LogP contribution in [-0.2, 0) is 9.59 Å². The third-order valence-electron chi connectivity index (χ3n) is 1.57. The highest BCUT2D eigenvalue weighted by Crippen LogP contribution is 2.25. The summed E-state index contributed by atoms with van der Waals surface area (Å²) in [5, 5.41) is 7.87. The van der Waals surface area contributed by atoms with Crippen molar-refractivity contribution in [2.24, 2.45) is 0 Å². The Morgan fingerprint density at radius 3 is 2.62 bits per heavy atom. The zero-order valence-electron chi connectivity index (χ0n) is 6.44. The van der Waals surface area contributed by atoms with Gasteiger partial charge in [0.2, 0.25) is 0 Å². The molecule has 1 unspecified atom stereocenters. The van der Waals surface area contributed by atoms with Gasteiger partial charge >= 0.3 is 5.97 Å². The van der Waals surface area contributed by atoms with E-state index in [1.165, 1.54) is 16.7 Å². The first-order chi connectivity index (χ1) is 6.04. The molecule has 1 amide bonds. The van der Waals surface area contributed by atoms with Gasteiger partial charge in [0.1, 0.15) is 0 Å². The van der Waals surface area contributed by atoms with Crippen LogP contribution < -0.4 is 0 Å². The molecule has 74 valence electrons. The molecule has 1 aliphatic rings. The number of carboxylic acid groups (broad SMARTS) is 1. The zero-order chi connectivity index (χ0) is 10.0. The number of amides is 1. The van der Waals surface area contributed by atoms with Crippen LogP contribution in [0.4, 0.5) is 0 Å². The standard InChI is InChI=1S/C6H7Cl2NO3S/c7-3(8)4(10)9-1-2-13-5(9)6(11)12/h3,5H,1-2H2,(H,11,12). The minimum Gasteiger partial charge on any atom is -0.479 e. The van der Waals surface area contributed by atoms with E-state index in [2.05, 4.69) is 0 Å². The van der Waals surface area contributed by atoms with Crippen molar-refractivity contribution in [3.8, 4) is 0 Å². The maximum absolute atomic E-state index is 11.2. The number of carbonyl (C=O) groups is 2. The molecule has 1 aliphatic heterocycles. The molecule has 0 aromatic heterocycles. The third kappa shape index (κ3) is 2.42. The molecule has 0 bridgehead atoms. The number of carbonyl (C=O) groups excluding carboxylic acids is 1. The van der Waals surface area contributed by atoms with Crippen molar-refractivity contribution in [1.82, 2.24) is 4.90 Å². The van der Waals surface area contributed by atoms with Gasteiger partial charge in [0.15, 0.2) is 10.2 Å². The van der Waals surface area contributed by atoms with Gasteiger partial charge in [-0.1, -0.05) is 23.2 Å². The highest BCUT2D eigenvalue weighted by Gasteiger charge is 2.36. The maximum Gasteiger partial charge on any atom is 0.337 e. The van der Waals surface area contributed by atoms with Crippen molar-refractivity contribution in [1.29, 1.82) is 0 Å². The fourth-order valence-corrected chi connectivity index (χ4v) is 2.33. The van der Waals surface area contributed by atoms with Gasteiger partial charge in [-0.3, -0.25) is 4.79 Å². The Balaban J connectivity index is 2.68. The highest BCUT2D eigenvalue weighted by atomic mass is 35.5. The van der Waals surface area contributed by atoms with Gasteiger partial charge in [0.05, 0.1) is 0 Å². The Morgan fingerprint density at radius 1 is 1.54 bits per heavy atom. The summed E-state index contributed by atoms with van der Waals surface area (Å²) in [6.45, 7) is 0.385. The largest absolute Gasteiger partial charge is 0.479 e. The van der Waals surface area contributed by atoms with Crippen molar-refractivity contribution >= 4 is 46.8 Å². The lowest BCUT2D eigenvalue weighted by molar-refractivity contribution is -0.144. The summed E-state index contributed by atoms with van der Waals surface area (Å²) >= 11 is 11.9. The Morgan fingerprint density at radius 2 is 2.15 bits per heavy atom. The first-order valence-electron chi connectivity index (χ1n) is 3.47. The summed E-state index contributed by atoms with van der Waals surface area (Å²) in [4.78, 5) is 21.9. The number of rotatable bonds is 2. The van der Waals surface area contributed by atoms with E-state index in [-0.39, 0.29) is 0 Å². The fraction of sp³-hybridized carbons (Fsp3) is 0.667. The summed E-state index contributed by atoms with van der Waals surface area (Å²) in [6, 6.07) is 0. The SMILES string of the molecule is O=C(O)C1SCCN1C(=O)C(Cl)Cl. The Labute approximate surface area is 89.2 Å². The lowest BCUT2D eigenvalue weighted by Gasteiger charge is -2.20. The van der Waals surface area contributed by atoms with Crippen LogP contribution in [0, 0.1) is 0 Å². The van der Waals surface area contributed by atoms with Crippen LogP contribution in [0.5, 0.6) is 0 Å². The van der Waals surface area contributed by atoms with E-state index >= 15 is 0 Å². The van der Waals surface area contributed by atoms with Crippen LogP contribution in [-0.4, -0.2) is 44.4 Å². The molecule has 7 heteroatoms. The number of nitrogens with zero attached hydrogens (tertiary/aromatic N) is 1. The number of hydrogen-bond donors (Lipinski definition) is 1. The van der Waals surface area contributed by atoms with Crippen molar-refractivity contribution in [2.75, 3.05) is 12.3 Å². The molecule has 0 aromatic carbocycles. The molecule has 0 aromatic rings. The molecular weight excluding hydrogens is 237 g/mol. The van der Waals surface area contributed by atoms with Crippen molar-refractivity contribution in [2.45, 2.75) is 10.2 Å². The predicted octanol–water partition coefficient (Wildman–Crippen LogP) is 0.776. The Hall–Kier alpha value is -0.130. The van der Waals surface area contributed by atoms with Crippen molar-refractivity contribution < 1.29 is 14.7 Å². The second-order valence-corrected chi connectivity index (χ2v) is 4.68. The molecule has 1 saturated heterocycles. The average molecular weight is 244 g/mol. The van der Waals surface area contributed by atoms with E-state index in [1.54, 1.807) is 0 Å². The van der Waals surface area contributed by atoms with Gasteiger partial charge in [0.25, 0.3) is 5.91 Å². The number of carboxylic acids is 1. The number of alkyl halides is 2. The molecular formula is C6H7Cl2NO3S. The number of halogens is 2. The van der Waals surface area contributed by atoms with E-state index in [0.29, 0.717) is 12.3 Å². The normalized spacial score (nSPS) is 22.4. The first kappa shape index (κ1) is 10.9. The van der Waals surface area contributed by atoms with E-state index in [9.17, 15) is 9.59 Å². The molecule has 0 saturated carbocycles. The van der Waals surface area contributed by atoms with Crippen LogP contribution in [0.1, 0.15) is 0 Å². The van der Waals surface area contributed by atoms with Crippen LogP contribution in [0.2, 0.25) is 0 Å². The molecule has 1 atom stereocenters. The number of hydrogen-bond acceptors (Lipinski definition) is 3. The molecule has 1 heterocycles. The predicted molar refractivity (Wildman–Crippen MR) is 51.1 cm³/mol. The van der Waals surface area contributed by atoms with Crippen molar-refractivity contribution in [3.63, 3.8) is 0 Å². The maximum atomic E-state index is 11.2. The van der Waals surface area contributed by atoms with Gasteiger partial charge in [-0.2, -0.15) is 0 Å². The molecule has 1 rings (SSSR count). The monoisotopic (exact) mass is 243 g/mol. The first-order valence-corrected chi connectivity index (χ1v) is 5.39. The van der Waals surface area contributed by atoms with Gasteiger partial charge in [-0.05, 0) is 0 Å². The average Bonchev–Trinajstić information content (AvgIpc) is 2.50. The fourth-order valence-electron chi connectivity index (χ4n) is 1.03. The number of aliphatic carboxylic acids is 1. The smallest absolute Gasteiger partial charge is 0.337 e. The second-order valence-electron chi connectivity index (χ2n) is 2.39. The summed E-state index contributed by atoms with van der Waals surface area (Å²) in [5.41, 5.74) is 0.